The lowest BCUT2D eigenvalue weighted by molar-refractivity contribution is -0.153. The van der Waals surface area contributed by atoms with Gasteiger partial charge in [0.25, 0.3) is 10.1 Å². The summed E-state index contributed by atoms with van der Waals surface area (Å²) < 4.78 is 48.5. The summed E-state index contributed by atoms with van der Waals surface area (Å²) in [5.74, 6) is -0.743. The van der Waals surface area contributed by atoms with Crippen LogP contribution in [0, 0.1) is 11.2 Å². The molecule has 1 fully saturated rings. The third-order valence-electron chi connectivity index (χ3n) is 5.57. The second kappa shape index (κ2) is 7.07. The van der Waals surface area contributed by atoms with Crippen LogP contribution in [0.3, 0.4) is 0 Å². The van der Waals surface area contributed by atoms with Crippen molar-refractivity contribution in [2.45, 2.75) is 31.8 Å². The van der Waals surface area contributed by atoms with Crippen LogP contribution in [0.15, 0.2) is 36.0 Å². The fourth-order valence-electron chi connectivity index (χ4n) is 4.34. The normalized spacial score (nSPS) is 23.7. The predicted octanol–water partition coefficient (Wildman–Crippen LogP) is 2.64. The molecule has 2 aromatic rings. The summed E-state index contributed by atoms with van der Waals surface area (Å²) in [6, 6.07) is 6.01. The molecule has 0 aliphatic heterocycles. The fraction of sp³-hybridized carbons (Fsp3) is 0.400. The summed E-state index contributed by atoms with van der Waals surface area (Å²) in [4.78, 5) is 12.8. The Morgan fingerprint density at radius 3 is 2.69 bits per heavy atom. The highest BCUT2D eigenvalue weighted by Crippen LogP contribution is 2.49. The molecule has 1 saturated carbocycles. The number of halogens is 1. The molecule has 7 nitrogen and oxygen atoms in total. The average Bonchev–Trinajstić information content (AvgIpc) is 3.07. The van der Waals surface area contributed by atoms with Gasteiger partial charge in [-0.05, 0) is 61.6 Å². The molecule has 0 amide bonds. The first-order chi connectivity index (χ1) is 13.7. The zero-order valence-electron chi connectivity index (χ0n) is 16.1. The van der Waals surface area contributed by atoms with Gasteiger partial charge in [0.15, 0.2) is 0 Å². The summed E-state index contributed by atoms with van der Waals surface area (Å²) in [5, 5.41) is 4.42. The second-order valence-electron chi connectivity index (χ2n) is 7.53. The molecule has 2 aliphatic carbocycles. The van der Waals surface area contributed by atoms with Gasteiger partial charge >= 0.3 is 5.97 Å². The third-order valence-corrected chi connectivity index (χ3v) is 6.20. The highest BCUT2D eigenvalue weighted by Gasteiger charge is 2.50. The lowest BCUT2D eigenvalue weighted by Crippen LogP contribution is -2.45. The fourth-order valence-corrected chi connectivity index (χ4v) is 5.00. The Morgan fingerprint density at radius 2 is 2.03 bits per heavy atom. The van der Waals surface area contributed by atoms with E-state index in [0.717, 1.165) is 23.1 Å². The first-order valence-corrected chi connectivity index (χ1v) is 11.0. The maximum Gasteiger partial charge on any atom is 0.316 e. The molecule has 0 N–H and O–H groups in total. The molecule has 29 heavy (non-hydrogen) atoms. The number of fused-ring (bicyclic) bond motifs is 2. The van der Waals surface area contributed by atoms with E-state index >= 15 is 0 Å². The van der Waals surface area contributed by atoms with E-state index in [9.17, 15) is 17.6 Å². The van der Waals surface area contributed by atoms with Gasteiger partial charge in [-0.1, -0.05) is 5.57 Å². The Balaban J connectivity index is 1.74. The van der Waals surface area contributed by atoms with Gasteiger partial charge in [0, 0.05) is 0 Å². The largest absolute Gasteiger partial charge is 0.468 e. The molecule has 0 radical (unpaired) electrons. The van der Waals surface area contributed by atoms with Gasteiger partial charge in [-0.15, -0.1) is 0 Å². The molecule has 9 heteroatoms. The molecule has 1 aromatic heterocycles. The van der Waals surface area contributed by atoms with E-state index in [0.29, 0.717) is 24.9 Å². The summed E-state index contributed by atoms with van der Waals surface area (Å²) in [5.41, 5.74) is 2.27. The molecule has 0 saturated heterocycles. The third kappa shape index (κ3) is 3.60. The Labute approximate surface area is 168 Å². The number of hydrogen-bond acceptors (Lipinski definition) is 6. The van der Waals surface area contributed by atoms with E-state index in [1.165, 1.54) is 19.2 Å². The van der Waals surface area contributed by atoms with Crippen LogP contribution in [0.4, 0.5) is 4.39 Å². The van der Waals surface area contributed by atoms with E-state index in [4.69, 9.17) is 8.92 Å². The Morgan fingerprint density at radius 1 is 1.31 bits per heavy atom. The van der Waals surface area contributed by atoms with Crippen molar-refractivity contribution in [3.05, 3.63) is 53.1 Å². The van der Waals surface area contributed by atoms with Gasteiger partial charge in [-0.2, -0.15) is 13.5 Å². The first kappa shape index (κ1) is 19.8. The van der Waals surface area contributed by atoms with E-state index in [2.05, 4.69) is 5.10 Å². The number of benzene rings is 1. The zero-order chi connectivity index (χ0) is 20.8. The summed E-state index contributed by atoms with van der Waals surface area (Å²) in [6.07, 6.45) is 5.57. The molecule has 154 valence electrons. The summed E-state index contributed by atoms with van der Waals surface area (Å²) in [7, 11) is -2.31. The van der Waals surface area contributed by atoms with E-state index in [-0.39, 0.29) is 12.2 Å². The lowest BCUT2D eigenvalue weighted by Gasteiger charge is -2.42. The van der Waals surface area contributed by atoms with Crippen LogP contribution in [0.25, 0.3) is 11.8 Å². The van der Waals surface area contributed by atoms with Crippen molar-refractivity contribution in [3.63, 3.8) is 0 Å². The monoisotopic (exact) mass is 420 g/mol. The second-order valence-corrected chi connectivity index (χ2v) is 9.13. The molecule has 2 atom stereocenters. The number of carbonyl (C=O) groups is 1. The maximum absolute atomic E-state index is 13.3. The van der Waals surface area contributed by atoms with Crippen molar-refractivity contribution in [1.29, 1.82) is 0 Å². The Bertz CT molecular complexity index is 1090. The number of rotatable bonds is 4. The molecule has 2 aliphatic rings. The number of hydrogen-bond donors (Lipinski definition) is 0. The topological polar surface area (TPSA) is 87.5 Å². The summed E-state index contributed by atoms with van der Waals surface area (Å²) >= 11 is 0. The van der Waals surface area contributed by atoms with Crippen LogP contribution in [-0.4, -0.2) is 43.6 Å². The average molecular weight is 420 g/mol. The molecule has 0 unspecified atom stereocenters. The van der Waals surface area contributed by atoms with Crippen LogP contribution < -0.4 is 0 Å². The van der Waals surface area contributed by atoms with Crippen molar-refractivity contribution >= 4 is 22.2 Å². The van der Waals surface area contributed by atoms with Crippen LogP contribution in [-0.2, 0) is 30.3 Å². The van der Waals surface area contributed by atoms with Gasteiger partial charge < -0.3 is 4.74 Å². The van der Waals surface area contributed by atoms with Crippen LogP contribution in [0.5, 0.6) is 0 Å². The molecule has 1 heterocycles. The highest BCUT2D eigenvalue weighted by atomic mass is 32.2. The van der Waals surface area contributed by atoms with Crippen molar-refractivity contribution < 1.29 is 26.5 Å². The number of carbonyl (C=O) groups excluding carboxylic acids is 1. The van der Waals surface area contributed by atoms with E-state index in [1.807, 2.05) is 6.08 Å². The zero-order valence-corrected chi connectivity index (χ0v) is 16.9. The van der Waals surface area contributed by atoms with Crippen molar-refractivity contribution in [2.24, 2.45) is 5.41 Å². The van der Waals surface area contributed by atoms with Crippen LogP contribution in [0.2, 0.25) is 0 Å². The van der Waals surface area contributed by atoms with Crippen molar-refractivity contribution in [3.8, 4) is 5.69 Å². The molecule has 1 aromatic carbocycles. The maximum atomic E-state index is 13.3. The molecular formula is C20H21FN2O5S. The predicted molar refractivity (Wildman–Crippen MR) is 103 cm³/mol. The van der Waals surface area contributed by atoms with Gasteiger partial charge in [-0.25, -0.2) is 9.07 Å². The number of aromatic nitrogens is 2. The highest BCUT2D eigenvalue weighted by molar-refractivity contribution is 7.86. The van der Waals surface area contributed by atoms with Gasteiger partial charge in [0.05, 0.1) is 42.5 Å². The van der Waals surface area contributed by atoms with Crippen molar-refractivity contribution in [2.75, 3.05) is 13.4 Å². The molecule has 4 rings (SSSR count). The SMILES string of the molecule is COC(=O)[C@]12Cc3cnn(-c4ccc(F)cc4)c3C=C1CC[C@@H](OS(C)(=O)=O)C2. The number of esters is 1. The standard InChI is InChI=1S/C20H21FN2O5S/c1-27-19(24)20-10-13-12-22-23(16-6-4-15(21)5-7-16)18(13)9-14(20)3-8-17(11-20)28-29(2,25)26/h4-7,9,12,17H,3,8,10-11H2,1-2H3/t17-,20+/m1/s1. The Kier molecular flexibility index (Phi) is 4.82. The van der Waals surface area contributed by atoms with Crippen LogP contribution in [0.1, 0.15) is 30.5 Å². The molecule has 0 spiro atoms. The summed E-state index contributed by atoms with van der Waals surface area (Å²) in [6.45, 7) is 0. The minimum atomic E-state index is -3.64. The lowest BCUT2D eigenvalue weighted by atomic mass is 9.63. The number of ether oxygens (including phenoxy) is 1. The van der Waals surface area contributed by atoms with Crippen molar-refractivity contribution in [1.82, 2.24) is 9.78 Å². The molecule has 0 bridgehead atoms. The van der Waals surface area contributed by atoms with Gasteiger partial charge in [0.2, 0.25) is 0 Å². The number of nitrogens with zero attached hydrogens (tertiary/aromatic N) is 2. The van der Waals surface area contributed by atoms with Gasteiger partial charge in [0.1, 0.15) is 5.82 Å². The van der Waals surface area contributed by atoms with Crippen LogP contribution >= 0.6 is 0 Å². The minimum Gasteiger partial charge on any atom is -0.468 e. The van der Waals surface area contributed by atoms with Gasteiger partial charge in [-0.3, -0.25) is 8.98 Å². The first-order valence-electron chi connectivity index (χ1n) is 9.22. The van der Waals surface area contributed by atoms with E-state index in [1.54, 1.807) is 23.0 Å². The number of methoxy groups -OCH3 is 1. The molecular weight excluding hydrogens is 399 g/mol. The minimum absolute atomic E-state index is 0.222. The smallest absolute Gasteiger partial charge is 0.316 e. The quantitative estimate of drug-likeness (QED) is 0.558. The Hall–Kier alpha value is -2.52. The van der Waals surface area contributed by atoms with E-state index < -0.39 is 27.6 Å².